The first-order valence-corrected chi connectivity index (χ1v) is 6.74. The van der Waals surface area contributed by atoms with Crippen LogP contribution in [0, 0.1) is 0 Å². The molecule has 1 amide bonds. The van der Waals surface area contributed by atoms with Crippen LogP contribution in [-0.2, 0) is 12.7 Å². The molecule has 1 aromatic rings. The highest BCUT2D eigenvalue weighted by Crippen LogP contribution is 2.30. The van der Waals surface area contributed by atoms with E-state index in [2.05, 4.69) is 5.32 Å². The Hall–Kier alpha value is -1.76. The van der Waals surface area contributed by atoms with Gasteiger partial charge < -0.3 is 15.3 Å². The van der Waals surface area contributed by atoms with Crippen LogP contribution in [0.15, 0.2) is 24.3 Å². The van der Waals surface area contributed by atoms with E-state index in [1.54, 1.807) is 0 Å². The van der Waals surface area contributed by atoms with E-state index in [-0.39, 0.29) is 12.6 Å². The van der Waals surface area contributed by atoms with Crippen LogP contribution < -0.4 is 5.32 Å². The number of amides is 1. The molecule has 21 heavy (non-hydrogen) atoms. The van der Waals surface area contributed by atoms with Gasteiger partial charge in [-0.25, -0.2) is 4.79 Å². The molecule has 1 aliphatic rings. The van der Waals surface area contributed by atoms with Crippen LogP contribution in [-0.4, -0.2) is 35.2 Å². The molecule has 4 nitrogen and oxygen atoms in total. The SMILES string of the molecule is O=C(O)N(Cc1cccc(C(F)(F)F)c1)C1CCNCC1. The van der Waals surface area contributed by atoms with E-state index in [4.69, 9.17) is 0 Å². The summed E-state index contributed by atoms with van der Waals surface area (Å²) in [7, 11) is 0. The molecular formula is C14H17F3N2O2. The van der Waals surface area contributed by atoms with Crippen molar-refractivity contribution in [3.8, 4) is 0 Å². The molecule has 1 fully saturated rings. The minimum absolute atomic E-state index is 0.0239. The fourth-order valence-corrected chi connectivity index (χ4v) is 2.51. The molecule has 1 aromatic carbocycles. The number of nitrogens with zero attached hydrogens (tertiary/aromatic N) is 1. The zero-order valence-corrected chi connectivity index (χ0v) is 11.4. The topological polar surface area (TPSA) is 52.6 Å². The number of rotatable bonds is 3. The fraction of sp³-hybridized carbons (Fsp3) is 0.500. The number of hydrogen-bond donors (Lipinski definition) is 2. The number of carbonyl (C=O) groups is 1. The molecule has 0 aromatic heterocycles. The lowest BCUT2D eigenvalue weighted by molar-refractivity contribution is -0.137. The highest BCUT2D eigenvalue weighted by atomic mass is 19.4. The predicted molar refractivity (Wildman–Crippen MR) is 70.9 cm³/mol. The Labute approximate surface area is 120 Å². The van der Waals surface area contributed by atoms with Gasteiger partial charge in [-0.1, -0.05) is 12.1 Å². The van der Waals surface area contributed by atoms with Gasteiger partial charge in [0.25, 0.3) is 0 Å². The van der Waals surface area contributed by atoms with Crippen molar-refractivity contribution >= 4 is 6.09 Å². The summed E-state index contributed by atoms with van der Waals surface area (Å²) >= 11 is 0. The largest absolute Gasteiger partial charge is 0.465 e. The summed E-state index contributed by atoms with van der Waals surface area (Å²) in [6.45, 7) is 1.41. The van der Waals surface area contributed by atoms with Gasteiger partial charge >= 0.3 is 12.3 Å². The molecular weight excluding hydrogens is 285 g/mol. The van der Waals surface area contributed by atoms with Crippen molar-refractivity contribution in [3.63, 3.8) is 0 Å². The van der Waals surface area contributed by atoms with Gasteiger partial charge in [0, 0.05) is 12.6 Å². The Morgan fingerprint density at radius 1 is 1.33 bits per heavy atom. The molecule has 1 heterocycles. The van der Waals surface area contributed by atoms with Crippen LogP contribution >= 0.6 is 0 Å². The average Bonchev–Trinajstić information content (AvgIpc) is 2.45. The highest BCUT2D eigenvalue weighted by molar-refractivity contribution is 5.65. The molecule has 0 aliphatic carbocycles. The Morgan fingerprint density at radius 3 is 2.57 bits per heavy atom. The Bertz CT molecular complexity index is 499. The summed E-state index contributed by atoms with van der Waals surface area (Å²) in [5.41, 5.74) is -0.401. The molecule has 0 bridgehead atoms. The van der Waals surface area contributed by atoms with Gasteiger partial charge in [0.15, 0.2) is 0 Å². The molecule has 0 spiro atoms. The van der Waals surface area contributed by atoms with E-state index in [0.29, 0.717) is 18.4 Å². The molecule has 0 unspecified atom stereocenters. The van der Waals surface area contributed by atoms with Crippen molar-refractivity contribution < 1.29 is 23.1 Å². The molecule has 1 aliphatic heterocycles. The number of piperidine rings is 1. The van der Waals surface area contributed by atoms with E-state index in [1.807, 2.05) is 0 Å². The van der Waals surface area contributed by atoms with Gasteiger partial charge in [-0.2, -0.15) is 13.2 Å². The third-order valence-corrected chi connectivity index (χ3v) is 3.60. The predicted octanol–water partition coefficient (Wildman–Crippen LogP) is 2.94. The van der Waals surface area contributed by atoms with Crippen molar-refractivity contribution in [2.24, 2.45) is 0 Å². The summed E-state index contributed by atoms with van der Waals surface area (Å²) in [5.74, 6) is 0. The lowest BCUT2D eigenvalue weighted by atomic mass is 10.0. The first-order chi connectivity index (χ1) is 9.88. The summed E-state index contributed by atoms with van der Waals surface area (Å²) in [5, 5.41) is 12.4. The monoisotopic (exact) mass is 302 g/mol. The third kappa shape index (κ3) is 4.10. The molecule has 0 radical (unpaired) electrons. The first kappa shape index (κ1) is 15.6. The van der Waals surface area contributed by atoms with Crippen molar-refractivity contribution in [3.05, 3.63) is 35.4 Å². The fourth-order valence-electron chi connectivity index (χ4n) is 2.51. The maximum atomic E-state index is 12.7. The van der Waals surface area contributed by atoms with E-state index in [1.165, 1.54) is 17.0 Å². The number of hydrogen-bond acceptors (Lipinski definition) is 2. The first-order valence-electron chi connectivity index (χ1n) is 6.74. The number of benzene rings is 1. The quantitative estimate of drug-likeness (QED) is 0.902. The standard InChI is InChI=1S/C14H17F3N2O2/c15-14(16,17)11-3-1-2-10(8-11)9-19(13(20)21)12-4-6-18-7-5-12/h1-3,8,12,18H,4-7,9H2,(H,20,21). The second-order valence-corrected chi connectivity index (χ2v) is 5.09. The van der Waals surface area contributed by atoms with Gasteiger partial charge in [-0.15, -0.1) is 0 Å². The normalized spacial score (nSPS) is 16.7. The summed E-state index contributed by atoms with van der Waals surface area (Å²) in [6, 6.07) is 4.67. The van der Waals surface area contributed by atoms with E-state index in [0.717, 1.165) is 25.2 Å². The minimum atomic E-state index is -4.42. The van der Waals surface area contributed by atoms with Crippen molar-refractivity contribution in [2.75, 3.05) is 13.1 Å². The van der Waals surface area contributed by atoms with Crippen molar-refractivity contribution in [1.29, 1.82) is 0 Å². The summed E-state index contributed by atoms with van der Waals surface area (Å²) in [4.78, 5) is 12.6. The average molecular weight is 302 g/mol. The number of halogens is 3. The molecule has 2 N–H and O–H groups in total. The van der Waals surface area contributed by atoms with E-state index in [9.17, 15) is 23.1 Å². The lowest BCUT2D eigenvalue weighted by Gasteiger charge is -2.32. The molecule has 0 saturated carbocycles. The number of nitrogens with one attached hydrogen (secondary N) is 1. The second-order valence-electron chi connectivity index (χ2n) is 5.09. The van der Waals surface area contributed by atoms with Crippen LogP contribution in [0.2, 0.25) is 0 Å². The third-order valence-electron chi connectivity index (χ3n) is 3.60. The summed E-state index contributed by atoms with van der Waals surface area (Å²) < 4.78 is 38.0. The van der Waals surface area contributed by atoms with Crippen molar-refractivity contribution in [2.45, 2.75) is 31.6 Å². The maximum Gasteiger partial charge on any atom is 0.416 e. The second kappa shape index (κ2) is 6.34. The highest BCUT2D eigenvalue weighted by Gasteiger charge is 2.31. The van der Waals surface area contributed by atoms with Gasteiger partial charge in [-0.3, -0.25) is 0 Å². The van der Waals surface area contributed by atoms with Gasteiger partial charge in [-0.05, 0) is 43.6 Å². The molecule has 7 heteroatoms. The van der Waals surface area contributed by atoms with Crippen LogP contribution in [0.3, 0.4) is 0 Å². The molecule has 1 saturated heterocycles. The smallest absolute Gasteiger partial charge is 0.416 e. The van der Waals surface area contributed by atoms with Crippen LogP contribution in [0.25, 0.3) is 0 Å². The van der Waals surface area contributed by atoms with Crippen LogP contribution in [0.4, 0.5) is 18.0 Å². The van der Waals surface area contributed by atoms with Crippen LogP contribution in [0.5, 0.6) is 0 Å². The molecule has 116 valence electrons. The zero-order valence-electron chi connectivity index (χ0n) is 11.4. The lowest BCUT2D eigenvalue weighted by Crippen LogP contribution is -2.45. The zero-order chi connectivity index (χ0) is 15.5. The Balaban J connectivity index is 2.15. The molecule has 2 rings (SSSR count). The number of carboxylic acid groups (broad SMARTS) is 1. The van der Waals surface area contributed by atoms with Crippen LogP contribution in [0.1, 0.15) is 24.0 Å². The Morgan fingerprint density at radius 2 is 2.00 bits per heavy atom. The van der Waals surface area contributed by atoms with E-state index < -0.39 is 17.8 Å². The van der Waals surface area contributed by atoms with Gasteiger partial charge in [0.2, 0.25) is 0 Å². The van der Waals surface area contributed by atoms with Gasteiger partial charge in [0.1, 0.15) is 0 Å². The van der Waals surface area contributed by atoms with E-state index >= 15 is 0 Å². The number of alkyl halides is 3. The van der Waals surface area contributed by atoms with Crippen molar-refractivity contribution in [1.82, 2.24) is 10.2 Å². The van der Waals surface area contributed by atoms with Gasteiger partial charge in [0.05, 0.1) is 5.56 Å². The Kier molecular flexibility index (Phi) is 4.72. The minimum Gasteiger partial charge on any atom is -0.465 e. The summed E-state index contributed by atoms with van der Waals surface area (Å²) in [6.07, 6.45) is -4.17. The maximum absolute atomic E-state index is 12.7. The molecule has 0 atom stereocenters.